The number of halogens is 2. The van der Waals surface area contributed by atoms with Gasteiger partial charge >= 0.3 is 5.69 Å². The Morgan fingerprint density at radius 1 is 1.00 bits per heavy atom. The molecule has 1 aromatic carbocycles. The molecule has 1 atom stereocenters. The third kappa shape index (κ3) is 4.59. The topological polar surface area (TPSA) is 65.7 Å². The molecule has 2 aromatic rings. The van der Waals surface area contributed by atoms with E-state index in [1.807, 2.05) is 6.07 Å². The Morgan fingerprint density at radius 2 is 1.79 bits per heavy atom. The van der Waals surface area contributed by atoms with Crippen LogP contribution in [0.3, 0.4) is 0 Å². The molecular formula is C23H24Cl2N2O2. The molecule has 1 unspecified atom stereocenters. The lowest BCUT2D eigenvalue weighted by Crippen LogP contribution is -2.31. The fourth-order valence-electron chi connectivity index (χ4n) is 4.69. The summed E-state index contributed by atoms with van der Waals surface area (Å²) in [5.41, 5.74) is 1.40. The van der Waals surface area contributed by atoms with Crippen molar-refractivity contribution in [3.63, 3.8) is 0 Å². The third-order valence-electron chi connectivity index (χ3n) is 6.26. The second-order valence-corrected chi connectivity index (χ2v) is 8.88. The number of aromatic amines is 2. The third-order valence-corrected chi connectivity index (χ3v) is 6.84. The van der Waals surface area contributed by atoms with Gasteiger partial charge in [0.2, 0.25) is 0 Å². The average molecular weight is 431 g/mol. The SMILES string of the molecule is O=c1[nH]c(C2CCC(C3C=CC=CC3)CC2)c(Cc2ccc(Cl)cc2Cl)c(=O)[nH]1. The molecule has 2 aliphatic rings. The Balaban J connectivity index is 1.57. The molecule has 152 valence electrons. The van der Waals surface area contributed by atoms with Gasteiger partial charge in [-0.2, -0.15) is 0 Å². The van der Waals surface area contributed by atoms with Crippen LogP contribution < -0.4 is 11.2 Å². The van der Waals surface area contributed by atoms with Crippen molar-refractivity contribution >= 4 is 23.2 Å². The van der Waals surface area contributed by atoms with Gasteiger partial charge in [0.25, 0.3) is 5.56 Å². The van der Waals surface area contributed by atoms with Crippen molar-refractivity contribution in [2.45, 2.75) is 44.4 Å². The predicted molar refractivity (Wildman–Crippen MR) is 118 cm³/mol. The second-order valence-electron chi connectivity index (χ2n) is 8.04. The first-order chi connectivity index (χ1) is 14.0. The standard InChI is InChI=1S/C23H24Cl2N2O2/c24-18-11-10-17(20(25)13-18)12-19-21(26-23(29)27-22(19)28)16-8-6-15(7-9-16)14-4-2-1-3-5-14/h1-4,10-11,13-16H,5-9,12H2,(H2,26,27,28,29). The largest absolute Gasteiger partial charge is 0.325 e. The van der Waals surface area contributed by atoms with Gasteiger partial charge in [-0.15, -0.1) is 0 Å². The van der Waals surface area contributed by atoms with Crippen molar-refractivity contribution in [1.82, 2.24) is 9.97 Å². The first kappa shape index (κ1) is 20.2. The van der Waals surface area contributed by atoms with Crippen LogP contribution in [0.15, 0.2) is 52.1 Å². The van der Waals surface area contributed by atoms with Gasteiger partial charge < -0.3 is 4.98 Å². The number of H-pyrrole nitrogens is 2. The van der Waals surface area contributed by atoms with E-state index in [-0.39, 0.29) is 11.5 Å². The minimum absolute atomic E-state index is 0.186. The van der Waals surface area contributed by atoms with Gasteiger partial charge in [0, 0.05) is 27.7 Å². The number of aromatic nitrogens is 2. The van der Waals surface area contributed by atoms with E-state index in [2.05, 4.69) is 34.3 Å². The number of hydrogen-bond acceptors (Lipinski definition) is 2. The van der Waals surface area contributed by atoms with Crippen molar-refractivity contribution in [3.05, 3.63) is 90.2 Å². The Kier molecular flexibility index (Phi) is 6.12. The Bertz CT molecular complexity index is 1060. The van der Waals surface area contributed by atoms with Gasteiger partial charge in [0.15, 0.2) is 0 Å². The van der Waals surface area contributed by atoms with Crippen LogP contribution in [0, 0.1) is 11.8 Å². The summed E-state index contributed by atoms with van der Waals surface area (Å²) in [6, 6.07) is 5.27. The van der Waals surface area contributed by atoms with E-state index < -0.39 is 5.69 Å². The lowest BCUT2D eigenvalue weighted by atomic mass is 9.72. The highest BCUT2D eigenvalue weighted by molar-refractivity contribution is 6.35. The molecule has 6 heteroatoms. The van der Waals surface area contributed by atoms with Crippen LogP contribution in [0.5, 0.6) is 0 Å². The molecule has 1 aromatic heterocycles. The lowest BCUT2D eigenvalue weighted by molar-refractivity contribution is 0.262. The van der Waals surface area contributed by atoms with Crippen LogP contribution in [0.4, 0.5) is 0 Å². The van der Waals surface area contributed by atoms with Gasteiger partial charge in [0.05, 0.1) is 0 Å². The van der Waals surface area contributed by atoms with Gasteiger partial charge in [-0.05, 0) is 67.6 Å². The summed E-state index contributed by atoms with van der Waals surface area (Å²) in [6.07, 6.45) is 14.4. The molecule has 0 radical (unpaired) electrons. The average Bonchev–Trinajstić information content (AvgIpc) is 2.72. The quantitative estimate of drug-likeness (QED) is 0.684. The number of rotatable bonds is 4. The van der Waals surface area contributed by atoms with E-state index >= 15 is 0 Å². The molecule has 2 N–H and O–H groups in total. The number of allylic oxidation sites excluding steroid dienone is 4. The summed E-state index contributed by atoms with van der Waals surface area (Å²) in [6.45, 7) is 0. The zero-order valence-corrected chi connectivity index (χ0v) is 17.6. The van der Waals surface area contributed by atoms with Crippen LogP contribution >= 0.6 is 23.2 Å². The summed E-state index contributed by atoms with van der Waals surface area (Å²) in [4.78, 5) is 30.0. The molecule has 2 aliphatic carbocycles. The zero-order valence-electron chi connectivity index (χ0n) is 16.1. The van der Waals surface area contributed by atoms with Crippen molar-refractivity contribution in [2.75, 3.05) is 0 Å². The van der Waals surface area contributed by atoms with Gasteiger partial charge in [-0.1, -0.05) is 53.6 Å². The maximum Gasteiger partial charge on any atom is 0.325 e. The molecule has 29 heavy (non-hydrogen) atoms. The first-order valence-corrected chi connectivity index (χ1v) is 10.9. The van der Waals surface area contributed by atoms with Gasteiger partial charge in [-0.3, -0.25) is 9.78 Å². The van der Waals surface area contributed by atoms with Crippen molar-refractivity contribution in [3.8, 4) is 0 Å². The van der Waals surface area contributed by atoms with Crippen LogP contribution in [0.25, 0.3) is 0 Å². The Morgan fingerprint density at radius 3 is 2.48 bits per heavy atom. The molecule has 0 bridgehead atoms. The van der Waals surface area contributed by atoms with E-state index in [0.29, 0.717) is 33.9 Å². The maximum absolute atomic E-state index is 12.6. The molecule has 1 fully saturated rings. The van der Waals surface area contributed by atoms with E-state index in [9.17, 15) is 9.59 Å². The van der Waals surface area contributed by atoms with Crippen LogP contribution in [-0.4, -0.2) is 9.97 Å². The molecule has 1 heterocycles. The summed E-state index contributed by atoms with van der Waals surface area (Å²) >= 11 is 12.3. The normalized spacial score (nSPS) is 24.0. The van der Waals surface area contributed by atoms with Crippen molar-refractivity contribution in [1.29, 1.82) is 0 Å². The summed E-state index contributed by atoms with van der Waals surface area (Å²) < 4.78 is 0. The highest BCUT2D eigenvalue weighted by Crippen LogP contribution is 2.40. The van der Waals surface area contributed by atoms with Crippen LogP contribution in [0.1, 0.15) is 54.8 Å². The Hall–Kier alpha value is -2.04. The fraction of sp³-hybridized carbons (Fsp3) is 0.391. The minimum atomic E-state index is -0.446. The van der Waals surface area contributed by atoms with Crippen molar-refractivity contribution < 1.29 is 0 Å². The monoisotopic (exact) mass is 430 g/mol. The number of hydrogen-bond donors (Lipinski definition) is 2. The van der Waals surface area contributed by atoms with E-state index in [0.717, 1.165) is 43.4 Å². The summed E-state index contributed by atoms with van der Waals surface area (Å²) in [5.74, 6) is 1.45. The lowest BCUT2D eigenvalue weighted by Gasteiger charge is -2.33. The molecule has 0 saturated heterocycles. The predicted octanol–water partition coefficient (Wildman–Crippen LogP) is 5.37. The second kappa shape index (κ2) is 8.76. The maximum atomic E-state index is 12.6. The summed E-state index contributed by atoms with van der Waals surface area (Å²) in [7, 11) is 0. The van der Waals surface area contributed by atoms with E-state index in [1.165, 1.54) is 0 Å². The minimum Gasteiger partial charge on any atom is -0.311 e. The number of nitrogens with one attached hydrogen (secondary N) is 2. The molecule has 0 aliphatic heterocycles. The smallest absolute Gasteiger partial charge is 0.311 e. The highest BCUT2D eigenvalue weighted by Gasteiger charge is 2.29. The first-order valence-electron chi connectivity index (χ1n) is 10.1. The van der Waals surface area contributed by atoms with Crippen LogP contribution in [-0.2, 0) is 6.42 Å². The molecule has 4 nitrogen and oxygen atoms in total. The number of benzene rings is 1. The summed E-state index contributed by atoms with van der Waals surface area (Å²) in [5, 5.41) is 1.08. The zero-order chi connectivity index (χ0) is 20.4. The molecule has 1 saturated carbocycles. The molecule has 4 rings (SSSR count). The van der Waals surface area contributed by atoms with Crippen molar-refractivity contribution in [2.24, 2.45) is 11.8 Å². The molecule has 0 spiro atoms. The van der Waals surface area contributed by atoms with E-state index in [1.54, 1.807) is 12.1 Å². The fourth-order valence-corrected chi connectivity index (χ4v) is 5.17. The molecular weight excluding hydrogens is 407 g/mol. The Labute approximate surface area is 179 Å². The van der Waals surface area contributed by atoms with Gasteiger partial charge in [-0.25, -0.2) is 4.79 Å². The highest BCUT2D eigenvalue weighted by atomic mass is 35.5. The van der Waals surface area contributed by atoms with Gasteiger partial charge in [0.1, 0.15) is 0 Å². The molecule has 0 amide bonds. The van der Waals surface area contributed by atoms with Crippen LogP contribution in [0.2, 0.25) is 10.0 Å². The van der Waals surface area contributed by atoms with E-state index in [4.69, 9.17) is 23.2 Å².